The minimum Gasteiger partial charge on any atom is -0.492 e. The minimum absolute atomic E-state index is 0.690. The van der Waals surface area contributed by atoms with Gasteiger partial charge in [-0.25, -0.2) is 0 Å². The van der Waals surface area contributed by atoms with Crippen molar-refractivity contribution in [2.24, 2.45) is 0 Å². The predicted octanol–water partition coefficient (Wildman–Crippen LogP) is 3.03. The molecule has 0 aromatic carbocycles. The Labute approximate surface area is 92.2 Å². The van der Waals surface area contributed by atoms with Crippen molar-refractivity contribution in [1.82, 2.24) is 4.98 Å². The van der Waals surface area contributed by atoms with Crippen LogP contribution in [0.2, 0.25) is 0 Å². The molecule has 3 heteroatoms. The number of hydrogen-bond acceptors (Lipinski definition) is 2. The van der Waals surface area contributed by atoms with Gasteiger partial charge >= 0.3 is 0 Å². The smallest absolute Gasteiger partial charge is 0.135 e. The van der Waals surface area contributed by atoms with E-state index in [1.165, 1.54) is 0 Å². The average molecular weight is 289 g/mol. The third kappa shape index (κ3) is 3.76. The van der Waals surface area contributed by atoms with Crippen LogP contribution in [0, 0.1) is 3.57 Å². The van der Waals surface area contributed by atoms with Gasteiger partial charge in [0.25, 0.3) is 0 Å². The summed E-state index contributed by atoms with van der Waals surface area (Å²) in [5, 5.41) is 0. The molecule has 0 radical (unpaired) electrons. The van der Waals surface area contributed by atoms with E-state index in [9.17, 15) is 0 Å². The van der Waals surface area contributed by atoms with Crippen molar-refractivity contribution in [3.05, 3.63) is 34.2 Å². The van der Waals surface area contributed by atoms with E-state index >= 15 is 0 Å². The van der Waals surface area contributed by atoms with E-state index in [1.54, 1.807) is 12.4 Å². The molecular weight excluding hydrogens is 277 g/mol. The van der Waals surface area contributed by atoms with Crippen LogP contribution in [0.15, 0.2) is 30.6 Å². The molecule has 0 N–H and O–H groups in total. The largest absolute Gasteiger partial charge is 0.492 e. The van der Waals surface area contributed by atoms with E-state index in [1.807, 2.05) is 13.0 Å². The molecule has 1 aromatic heterocycles. The highest BCUT2D eigenvalue weighted by atomic mass is 127. The van der Waals surface area contributed by atoms with E-state index in [-0.39, 0.29) is 0 Å². The molecule has 0 saturated heterocycles. The van der Waals surface area contributed by atoms with Gasteiger partial charge in [-0.1, -0.05) is 5.57 Å². The van der Waals surface area contributed by atoms with Gasteiger partial charge in [0.1, 0.15) is 5.75 Å². The maximum atomic E-state index is 5.54. The summed E-state index contributed by atoms with van der Waals surface area (Å²) in [6, 6.07) is 1.88. The first-order valence-corrected chi connectivity index (χ1v) is 5.14. The molecule has 0 fully saturated rings. The van der Waals surface area contributed by atoms with Crippen LogP contribution < -0.4 is 4.74 Å². The first kappa shape index (κ1) is 10.5. The Balaban J connectivity index is 2.45. The second-order valence-corrected chi connectivity index (χ2v) is 4.02. The van der Waals surface area contributed by atoms with E-state index < -0.39 is 0 Å². The second kappa shape index (κ2) is 5.21. The van der Waals surface area contributed by atoms with Crippen LogP contribution in [-0.4, -0.2) is 11.6 Å². The van der Waals surface area contributed by atoms with Gasteiger partial charge in [-0.3, -0.25) is 4.98 Å². The van der Waals surface area contributed by atoms with Gasteiger partial charge in [0, 0.05) is 18.8 Å². The maximum absolute atomic E-state index is 5.54. The highest BCUT2D eigenvalue weighted by Crippen LogP contribution is 2.18. The fraction of sp³-hybridized carbons (Fsp3) is 0.300. The van der Waals surface area contributed by atoms with Crippen molar-refractivity contribution in [3.8, 4) is 5.75 Å². The summed E-state index contributed by atoms with van der Waals surface area (Å²) in [4.78, 5) is 3.98. The van der Waals surface area contributed by atoms with Gasteiger partial charge in [0.05, 0.1) is 10.2 Å². The van der Waals surface area contributed by atoms with Crippen LogP contribution in [0.1, 0.15) is 13.3 Å². The molecule has 70 valence electrons. The molecule has 0 aliphatic carbocycles. The summed E-state index contributed by atoms with van der Waals surface area (Å²) in [6.45, 7) is 6.51. The lowest BCUT2D eigenvalue weighted by atomic mass is 10.3. The molecule has 0 atom stereocenters. The lowest BCUT2D eigenvalue weighted by molar-refractivity contribution is 0.319. The minimum atomic E-state index is 0.690. The standard InChI is InChI=1S/C10H12INO/c1-8(2)4-6-13-10-3-5-12-7-9(10)11/h3,5,7H,1,4,6H2,2H3. The molecule has 1 rings (SSSR count). The molecule has 0 bridgehead atoms. The van der Waals surface area contributed by atoms with Crippen LogP contribution in [0.3, 0.4) is 0 Å². The molecule has 0 aliphatic rings. The fourth-order valence-corrected chi connectivity index (χ4v) is 1.31. The van der Waals surface area contributed by atoms with E-state index in [0.29, 0.717) is 6.61 Å². The molecule has 0 saturated carbocycles. The summed E-state index contributed by atoms with van der Waals surface area (Å²) < 4.78 is 6.58. The number of ether oxygens (including phenoxy) is 1. The zero-order valence-corrected chi connectivity index (χ0v) is 9.74. The Bertz CT molecular complexity index is 299. The van der Waals surface area contributed by atoms with E-state index in [0.717, 1.165) is 21.3 Å². The quantitative estimate of drug-likeness (QED) is 0.628. The number of aromatic nitrogens is 1. The van der Waals surface area contributed by atoms with Gasteiger partial charge in [-0.2, -0.15) is 0 Å². The van der Waals surface area contributed by atoms with Crippen molar-refractivity contribution >= 4 is 22.6 Å². The summed E-state index contributed by atoms with van der Waals surface area (Å²) in [7, 11) is 0. The molecule has 1 aromatic rings. The van der Waals surface area contributed by atoms with Crippen molar-refractivity contribution in [2.45, 2.75) is 13.3 Å². The van der Waals surface area contributed by atoms with Crippen LogP contribution in [0.25, 0.3) is 0 Å². The van der Waals surface area contributed by atoms with Gasteiger partial charge in [0.15, 0.2) is 0 Å². The fourth-order valence-electron chi connectivity index (χ4n) is 0.815. The van der Waals surface area contributed by atoms with Crippen LogP contribution >= 0.6 is 22.6 Å². The molecule has 0 spiro atoms. The van der Waals surface area contributed by atoms with E-state index in [2.05, 4.69) is 34.2 Å². The Kier molecular flexibility index (Phi) is 4.21. The van der Waals surface area contributed by atoms with Crippen molar-refractivity contribution in [3.63, 3.8) is 0 Å². The van der Waals surface area contributed by atoms with Gasteiger partial charge in [-0.05, 0) is 35.6 Å². The lowest BCUT2D eigenvalue weighted by Gasteiger charge is -2.06. The third-order valence-corrected chi connectivity index (χ3v) is 2.33. The van der Waals surface area contributed by atoms with Gasteiger partial charge < -0.3 is 4.74 Å². The van der Waals surface area contributed by atoms with Crippen LogP contribution in [0.5, 0.6) is 5.75 Å². The van der Waals surface area contributed by atoms with Crippen LogP contribution in [0.4, 0.5) is 0 Å². The monoisotopic (exact) mass is 289 g/mol. The molecule has 0 aliphatic heterocycles. The first-order valence-electron chi connectivity index (χ1n) is 4.07. The normalized spacial score (nSPS) is 9.69. The van der Waals surface area contributed by atoms with Gasteiger partial charge in [0.2, 0.25) is 0 Å². The van der Waals surface area contributed by atoms with E-state index in [4.69, 9.17) is 4.74 Å². The summed E-state index contributed by atoms with van der Waals surface area (Å²) >= 11 is 2.21. The first-order chi connectivity index (χ1) is 6.20. The Hall–Kier alpha value is -0.580. The summed E-state index contributed by atoms with van der Waals surface area (Å²) in [5.41, 5.74) is 1.14. The highest BCUT2D eigenvalue weighted by Gasteiger charge is 1.98. The Morgan fingerprint density at radius 1 is 1.69 bits per heavy atom. The number of nitrogens with zero attached hydrogens (tertiary/aromatic N) is 1. The molecule has 2 nitrogen and oxygen atoms in total. The predicted molar refractivity (Wildman–Crippen MR) is 61.9 cm³/mol. The topological polar surface area (TPSA) is 22.1 Å². The number of hydrogen-bond donors (Lipinski definition) is 0. The molecular formula is C10H12INO. The highest BCUT2D eigenvalue weighted by molar-refractivity contribution is 14.1. The van der Waals surface area contributed by atoms with Gasteiger partial charge in [-0.15, -0.1) is 6.58 Å². The zero-order chi connectivity index (χ0) is 9.68. The number of halogens is 1. The molecule has 1 heterocycles. The molecule has 13 heavy (non-hydrogen) atoms. The average Bonchev–Trinajstić information content (AvgIpc) is 2.08. The Morgan fingerprint density at radius 3 is 3.08 bits per heavy atom. The van der Waals surface area contributed by atoms with Crippen molar-refractivity contribution in [2.75, 3.05) is 6.61 Å². The molecule has 0 amide bonds. The summed E-state index contributed by atoms with van der Waals surface area (Å²) in [5.74, 6) is 0.900. The zero-order valence-electron chi connectivity index (χ0n) is 7.59. The number of pyridine rings is 1. The number of rotatable bonds is 4. The lowest BCUT2D eigenvalue weighted by Crippen LogP contribution is -1.99. The maximum Gasteiger partial charge on any atom is 0.135 e. The summed E-state index contributed by atoms with van der Waals surface area (Å²) in [6.07, 6.45) is 4.42. The molecule has 0 unspecified atom stereocenters. The SMILES string of the molecule is C=C(C)CCOc1ccncc1I. The van der Waals surface area contributed by atoms with Crippen LogP contribution in [-0.2, 0) is 0 Å². The van der Waals surface area contributed by atoms with Crippen molar-refractivity contribution < 1.29 is 4.74 Å². The second-order valence-electron chi connectivity index (χ2n) is 2.86. The third-order valence-electron chi connectivity index (χ3n) is 1.52. The van der Waals surface area contributed by atoms with Crippen molar-refractivity contribution in [1.29, 1.82) is 0 Å². The Morgan fingerprint density at radius 2 is 2.46 bits per heavy atom.